The Kier molecular flexibility index (Phi) is 7.33. The molecule has 2 aliphatic carbocycles. The van der Waals surface area contributed by atoms with Gasteiger partial charge in [-0.2, -0.15) is 18.4 Å². The van der Waals surface area contributed by atoms with Crippen LogP contribution >= 0.6 is 11.6 Å². The Balaban J connectivity index is 1.58. The van der Waals surface area contributed by atoms with E-state index >= 15 is 0 Å². The van der Waals surface area contributed by atoms with Gasteiger partial charge >= 0.3 is 6.18 Å². The van der Waals surface area contributed by atoms with Gasteiger partial charge in [0, 0.05) is 19.0 Å². The van der Waals surface area contributed by atoms with Crippen molar-refractivity contribution in [3.8, 4) is 11.8 Å². The van der Waals surface area contributed by atoms with Gasteiger partial charge in [0.05, 0.1) is 39.6 Å². The highest BCUT2D eigenvalue weighted by Crippen LogP contribution is 2.43. The smallest absolute Gasteiger partial charge is 0.422 e. The van der Waals surface area contributed by atoms with Crippen LogP contribution in [-0.2, 0) is 19.4 Å². The first-order chi connectivity index (χ1) is 17.6. The minimum absolute atomic E-state index is 0.249. The number of benzene rings is 1. The first-order valence-electron chi connectivity index (χ1n) is 11.7. The lowest BCUT2D eigenvalue weighted by Crippen LogP contribution is -2.45. The fraction of sp³-hybridized carbons (Fsp3) is 0.609. The van der Waals surface area contributed by atoms with Crippen LogP contribution in [0, 0.1) is 23.2 Å². The summed E-state index contributed by atoms with van der Waals surface area (Å²) in [6, 6.07) is 4.86. The van der Waals surface area contributed by atoms with Crippen LogP contribution in [-0.4, -0.2) is 67.7 Å². The number of likely N-dealkylation sites (tertiary alicyclic amines) is 1. The maximum atomic E-state index is 13.8. The number of nitriles is 1. The quantitative estimate of drug-likeness (QED) is 0.491. The molecule has 0 aromatic heterocycles. The van der Waals surface area contributed by atoms with E-state index in [1.54, 1.807) is 0 Å². The van der Waals surface area contributed by atoms with E-state index in [9.17, 15) is 45.2 Å². The third kappa shape index (κ3) is 5.98. The van der Waals surface area contributed by atoms with E-state index in [1.807, 2.05) is 6.07 Å². The molecule has 38 heavy (non-hydrogen) atoms. The first-order valence-corrected chi connectivity index (χ1v) is 13.6. The number of halogens is 6. The summed E-state index contributed by atoms with van der Waals surface area (Å²) in [4.78, 5) is 26.8. The summed E-state index contributed by atoms with van der Waals surface area (Å²) in [5.74, 6) is -7.33. The minimum Gasteiger partial charge on any atom is -0.484 e. The molecule has 1 saturated heterocycles. The van der Waals surface area contributed by atoms with E-state index in [-0.39, 0.29) is 25.1 Å². The number of hydrogen-bond acceptors (Lipinski definition) is 6. The molecule has 1 aromatic carbocycles. The lowest BCUT2D eigenvalue weighted by Gasteiger charge is -2.24. The van der Waals surface area contributed by atoms with Gasteiger partial charge in [0.1, 0.15) is 11.3 Å². The van der Waals surface area contributed by atoms with Crippen molar-refractivity contribution < 1.29 is 44.7 Å². The van der Waals surface area contributed by atoms with E-state index in [1.165, 1.54) is 0 Å². The van der Waals surface area contributed by atoms with Crippen LogP contribution in [0.25, 0.3) is 0 Å². The van der Waals surface area contributed by atoms with Crippen LogP contribution in [0.4, 0.5) is 22.0 Å². The van der Waals surface area contributed by atoms with E-state index < -0.39 is 85.9 Å². The Morgan fingerprint density at radius 1 is 1.18 bits per heavy atom. The number of alkyl halides is 5. The zero-order chi connectivity index (χ0) is 28.1. The van der Waals surface area contributed by atoms with Crippen LogP contribution in [0.5, 0.6) is 5.75 Å². The number of nitrogens with zero attached hydrogens (tertiary/aromatic N) is 2. The number of hydrogen-bond donors (Lipinski definition) is 1. The van der Waals surface area contributed by atoms with Gasteiger partial charge in [0.2, 0.25) is 11.8 Å². The summed E-state index contributed by atoms with van der Waals surface area (Å²) in [5.41, 5.74) is -1.10. The van der Waals surface area contributed by atoms with Crippen LogP contribution in [0.15, 0.2) is 23.1 Å². The summed E-state index contributed by atoms with van der Waals surface area (Å²) >= 11 is 6.08. The molecule has 15 heteroatoms. The highest BCUT2D eigenvalue weighted by atomic mass is 35.5. The van der Waals surface area contributed by atoms with Crippen molar-refractivity contribution in [1.82, 2.24) is 10.2 Å². The van der Waals surface area contributed by atoms with E-state index in [2.05, 4.69) is 10.1 Å². The van der Waals surface area contributed by atoms with Gasteiger partial charge in [-0.25, -0.2) is 17.2 Å². The van der Waals surface area contributed by atoms with Gasteiger partial charge in [0.15, 0.2) is 16.4 Å². The normalized spacial score (nSPS) is 26.0. The molecule has 0 bridgehead atoms. The van der Waals surface area contributed by atoms with Gasteiger partial charge in [-0.05, 0) is 37.8 Å². The Morgan fingerprint density at radius 2 is 1.84 bits per heavy atom. The van der Waals surface area contributed by atoms with Gasteiger partial charge in [-0.3, -0.25) is 9.59 Å². The van der Waals surface area contributed by atoms with Crippen molar-refractivity contribution in [2.24, 2.45) is 11.8 Å². The van der Waals surface area contributed by atoms with Crippen molar-refractivity contribution in [2.75, 3.05) is 19.7 Å². The van der Waals surface area contributed by atoms with Crippen molar-refractivity contribution >= 4 is 33.3 Å². The maximum absolute atomic E-state index is 13.8. The number of amides is 2. The zero-order valence-corrected chi connectivity index (χ0v) is 21.3. The predicted molar refractivity (Wildman–Crippen MR) is 122 cm³/mol. The highest BCUT2D eigenvalue weighted by molar-refractivity contribution is 7.92. The molecule has 3 atom stereocenters. The summed E-state index contributed by atoms with van der Waals surface area (Å²) in [6.45, 7) is -2.71. The van der Waals surface area contributed by atoms with E-state index in [0.717, 1.165) is 23.1 Å². The molecule has 1 heterocycles. The molecule has 4 rings (SSSR count). The number of ether oxygens (including phenoxy) is 1. The molecule has 1 N–H and O–H groups in total. The molecular formula is C23H23ClF5N3O5S. The summed E-state index contributed by atoms with van der Waals surface area (Å²) in [6.07, 6.45) is -5.09. The SMILES string of the molecule is N#CC1(NC(=O)[C@@H]2C[C@@H](S(=O)(=O)c3ccc(OCC(F)(F)F)cc3Cl)C[C@H]2C(=O)N2CCC(F)(F)C2)CC1. The monoisotopic (exact) mass is 583 g/mol. The second-order valence-electron chi connectivity index (χ2n) is 9.90. The van der Waals surface area contributed by atoms with Gasteiger partial charge in [-0.1, -0.05) is 11.6 Å². The van der Waals surface area contributed by atoms with Crippen LogP contribution in [0.2, 0.25) is 5.02 Å². The number of carbonyl (C=O) groups excluding carboxylic acids is 2. The molecule has 0 radical (unpaired) electrons. The molecule has 1 aromatic rings. The van der Waals surface area contributed by atoms with E-state index in [4.69, 9.17) is 11.6 Å². The molecule has 1 aliphatic heterocycles. The average molecular weight is 584 g/mol. The third-order valence-corrected chi connectivity index (χ3v) is 9.69. The molecule has 0 spiro atoms. The summed E-state index contributed by atoms with van der Waals surface area (Å²) in [7, 11) is -4.32. The third-order valence-electron chi connectivity index (χ3n) is 7.03. The minimum atomic E-state index is -4.62. The van der Waals surface area contributed by atoms with Crippen LogP contribution in [0.1, 0.15) is 32.1 Å². The topological polar surface area (TPSA) is 117 Å². The highest BCUT2D eigenvalue weighted by Gasteiger charge is 2.53. The summed E-state index contributed by atoms with van der Waals surface area (Å²) < 4.78 is 96.3. The lowest BCUT2D eigenvalue weighted by molar-refractivity contribution is -0.153. The number of carbonyl (C=O) groups is 2. The van der Waals surface area contributed by atoms with Crippen molar-refractivity contribution in [3.05, 3.63) is 23.2 Å². The van der Waals surface area contributed by atoms with E-state index in [0.29, 0.717) is 12.8 Å². The van der Waals surface area contributed by atoms with Crippen molar-refractivity contribution in [3.63, 3.8) is 0 Å². The van der Waals surface area contributed by atoms with Gasteiger partial charge < -0.3 is 15.0 Å². The largest absolute Gasteiger partial charge is 0.484 e. The Morgan fingerprint density at radius 3 is 2.37 bits per heavy atom. The molecular weight excluding hydrogens is 561 g/mol. The zero-order valence-electron chi connectivity index (χ0n) is 19.7. The Hall–Kier alpha value is -2.66. The number of rotatable bonds is 7. The van der Waals surface area contributed by atoms with Crippen molar-refractivity contribution in [2.45, 2.75) is 59.9 Å². The second kappa shape index (κ2) is 9.82. The van der Waals surface area contributed by atoms with Crippen molar-refractivity contribution in [1.29, 1.82) is 5.26 Å². The molecule has 3 fully saturated rings. The average Bonchev–Trinajstić information content (AvgIpc) is 3.27. The van der Waals surface area contributed by atoms with Crippen LogP contribution in [0.3, 0.4) is 0 Å². The molecule has 2 amide bonds. The number of nitrogens with one attached hydrogen (secondary N) is 1. The summed E-state index contributed by atoms with van der Waals surface area (Å²) in [5, 5.41) is 10.1. The van der Waals surface area contributed by atoms with Gasteiger partial charge in [-0.15, -0.1) is 0 Å². The predicted octanol–water partition coefficient (Wildman–Crippen LogP) is 3.49. The molecule has 3 aliphatic rings. The molecule has 8 nitrogen and oxygen atoms in total. The molecule has 208 valence electrons. The fourth-order valence-electron chi connectivity index (χ4n) is 4.83. The lowest BCUT2D eigenvalue weighted by atomic mass is 9.93. The Bertz CT molecular complexity index is 1280. The molecule has 0 unspecified atom stereocenters. The maximum Gasteiger partial charge on any atom is 0.422 e. The number of sulfone groups is 1. The van der Waals surface area contributed by atoms with Gasteiger partial charge in [0.25, 0.3) is 5.92 Å². The second-order valence-corrected chi connectivity index (χ2v) is 12.5. The standard InChI is InChI=1S/C23H23ClF5N3O5S/c24-17-7-13(37-12-23(27,28)29)1-2-18(17)38(35,36)14-8-15(19(33)31-21(10-30)3-4-21)16(9-14)20(34)32-6-5-22(25,26)11-32/h1-2,7,14-16H,3-6,8-9,11-12H2,(H,31,33)/t14-,15-,16-/m1/s1. The van der Waals surface area contributed by atoms with Crippen LogP contribution < -0.4 is 10.1 Å². The fourth-order valence-corrected chi connectivity index (χ4v) is 7.19. The Labute approximate surface area is 220 Å². The first kappa shape index (κ1) is 28.4. The molecule has 2 saturated carbocycles.